The second-order valence-electron chi connectivity index (χ2n) is 5.83. The Kier molecular flexibility index (Phi) is 4.84. The van der Waals surface area contributed by atoms with Crippen LogP contribution in [-0.2, 0) is 11.3 Å². The molecule has 1 amide bonds. The summed E-state index contributed by atoms with van der Waals surface area (Å²) in [7, 11) is 1.51. The molecular formula is C18H14ClN5O3S. The van der Waals surface area contributed by atoms with Crippen molar-refractivity contribution in [3.63, 3.8) is 0 Å². The van der Waals surface area contributed by atoms with E-state index in [2.05, 4.69) is 15.5 Å². The molecule has 3 heterocycles. The van der Waals surface area contributed by atoms with Gasteiger partial charge in [0, 0.05) is 5.69 Å². The van der Waals surface area contributed by atoms with Gasteiger partial charge in [-0.1, -0.05) is 17.7 Å². The molecule has 1 N–H and O–H groups in total. The Morgan fingerprint density at radius 3 is 2.89 bits per heavy atom. The number of rotatable bonds is 5. The van der Waals surface area contributed by atoms with Crippen molar-refractivity contribution in [2.75, 3.05) is 12.4 Å². The molecule has 0 saturated heterocycles. The van der Waals surface area contributed by atoms with Gasteiger partial charge in [0.1, 0.15) is 29.8 Å². The average molecular weight is 416 g/mol. The summed E-state index contributed by atoms with van der Waals surface area (Å²) in [6, 6.07) is 10.4. The Bertz CT molecular complexity index is 1220. The molecule has 28 heavy (non-hydrogen) atoms. The lowest BCUT2D eigenvalue weighted by molar-refractivity contribution is -0.117. The smallest absolute Gasteiger partial charge is 0.293 e. The van der Waals surface area contributed by atoms with Gasteiger partial charge < -0.3 is 10.1 Å². The maximum absolute atomic E-state index is 12.7. The maximum atomic E-state index is 12.7. The minimum Gasteiger partial charge on any atom is -0.495 e. The van der Waals surface area contributed by atoms with Crippen molar-refractivity contribution in [1.82, 2.24) is 19.4 Å². The van der Waals surface area contributed by atoms with E-state index < -0.39 is 11.5 Å². The highest BCUT2D eigenvalue weighted by Crippen LogP contribution is 2.27. The monoisotopic (exact) mass is 415 g/mol. The van der Waals surface area contributed by atoms with Crippen LogP contribution in [-0.4, -0.2) is 32.4 Å². The minimum absolute atomic E-state index is 0.238. The second-order valence-corrected chi connectivity index (χ2v) is 7.18. The molecule has 0 spiro atoms. The first-order valence-electron chi connectivity index (χ1n) is 8.18. The molecule has 0 unspecified atom stereocenters. The molecule has 3 aromatic heterocycles. The van der Waals surface area contributed by atoms with Crippen LogP contribution in [0.2, 0.25) is 5.02 Å². The van der Waals surface area contributed by atoms with Gasteiger partial charge in [-0.25, -0.2) is 9.20 Å². The van der Waals surface area contributed by atoms with Crippen LogP contribution in [0.4, 0.5) is 5.69 Å². The summed E-state index contributed by atoms with van der Waals surface area (Å²) in [5.41, 5.74) is 1.12. The van der Waals surface area contributed by atoms with E-state index in [0.29, 0.717) is 27.7 Å². The molecule has 0 aliphatic carbocycles. The lowest BCUT2D eigenvalue weighted by atomic mass is 10.3. The van der Waals surface area contributed by atoms with Crippen LogP contribution >= 0.6 is 22.9 Å². The molecule has 0 aliphatic heterocycles. The standard InChI is InChI=1S/C18H14ClN5O3S/c1-27-15-5-4-11(7-12(15)19)21-17(25)9-23-18(26)14-8-13(16-3-2-6-28-16)22-24(14)10-20-23/h2-8,10H,9H2,1H3,(H,21,25). The highest BCUT2D eigenvalue weighted by molar-refractivity contribution is 7.13. The largest absolute Gasteiger partial charge is 0.495 e. The molecule has 142 valence electrons. The molecule has 8 nitrogen and oxygen atoms in total. The number of methoxy groups -OCH3 is 1. The number of amides is 1. The summed E-state index contributed by atoms with van der Waals surface area (Å²) in [6.07, 6.45) is 1.41. The van der Waals surface area contributed by atoms with E-state index in [-0.39, 0.29) is 6.54 Å². The van der Waals surface area contributed by atoms with E-state index in [4.69, 9.17) is 16.3 Å². The van der Waals surface area contributed by atoms with Gasteiger partial charge in [0.15, 0.2) is 0 Å². The first-order valence-corrected chi connectivity index (χ1v) is 9.43. The van der Waals surface area contributed by atoms with E-state index in [1.54, 1.807) is 24.3 Å². The van der Waals surface area contributed by atoms with Crippen LogP contribution in [0, 0.1) is 0 Å². The maximum Gasteiger partial charge on any atom is 0.293 e. The molecule has 0 saturated carbocycles. The van der Waals surface area contributed by atoms with E-state index in [0.717, 1.165) is 9.56 Å². The third-order valence-corrected chi connectivity index (χ3v) is 5.18. The van der Waals surface area contributed by atoms with E-state index in [1.807, 2.05) is 17.5 Å². The third kappa shape index (κ3) is 3.49. The number of thiophene rings is 1. The fourth-order valence-electron chi connectivity index (χ4n) is 2.68. The zero-order chi connectivity index (χ0) is 19.7. The van der Waals surface area contributed by atoms with Crippen molar-refractivity contribution in [2.45, 2.75) is 6.54 Å². The minimum atomic E-state index is -0.404. The van der Waals surface area contributed by atoms with Gasteiger partial charge in [-0.15, -0.1) is 11.3 Å². The summed E-state index contributed by atoms with van der Waals surface area (Å²) >= 11 is 7.58. The fourth-order valence-corrected chi connectivity index (χ4v) is 3.62. The number of anilines is 1. The molecule has 1 aromatic carbocycles. The SMILES string of the molecule is COc1ccc(NC(=O)Cn2ncn3nc(-c4cccs4)cc3c2=O)cc1Cl. The van der Waals surface area contributed by atoms with Crippen LogP contribution in [0.3, 0.4) is 0 Å². The van der Waals surface area contributed by atoms with Crippen LogP contribution < -0.4 is 15.6 Å². The van der Waals surface area contributed by atoms with Crippen molar-refractivity contribution < 1.29 is 9.53 Å². The number of carbonyl (C=O) groups excluding carboxylic acids is 1. The summed E-state index contributed by atoms with van der Waals surface area (Å²) in [4.78, 5) is 25.9. The summed E-state index contributed by atoms with van der Waals surface area (Å²) < 4.78 is 7.58. The third-order valence-electron chi connectivity index (χ3n) is 3.99. The molecule has 4 rings (SSSR count). The molecule has 4 aromatic rings. The van der Waals surface area contributed by atoms with Crippen molar-refractivity contribution in [3.8, 4) is 16.3 Å². The number of nitrogens with one attached hydrogen (secondary N) is 1. The topological polar surface area (TPSA) is 90.5 Å². The first kappa shape index (κ1) is 18.2. The van der Waals surface area contributed by atoms with Crippen molar-refractivity contribution in [2.24, 2.45) is 0 Å². The van der Waals surface area contributed by atoms with Gasteiger partial charge in [0.25, 0.3) is 5.56 Å². The Hall–Kier alpha value is -3.17. The number of carbonyl (C=O) groups is 1. The summed E-state index contributed by atoms with van der Waals surface area (Å²) in [6.45, 7) is -0.238. The van der Waals surface area contributed by atoms with Crippen LogP contribution in [0.5, 0.6) is 5.75 Å². The summed E-state index contributed by atoms with van der Waals surface area (Å²) in [5.74, 6) is 0.100. The van der Waals surface area contributed by atoms with Gasteiger partial charge >= 0.3 is 0 Å². The van der Waals surface area contributed by atoms with Crippen LogP contribution in [0.1, 0.15) is 0 Å². The van der Waals surface area contributed by atoms with Crippen molar-refractivity contribution in [3.05, 3.63) is 63.5 Å². The van der Waals surface area contributed by atoms with Gasteiger partial charge in [0.2, 0.25) is 5.91 Å². The van der Waals surface area contributed by atoms with Gasteiger partial charge in [-0.3, -0.25) is 9.59 Å². The fraction of sp³-hybridized carbons (Fsp3) is 0.111. The van der Waals surface area contributed by atoms with Gasteiger partial charge in [0.05, 0.1) is 17.0 Å². The number of aromatic nitrogens is 4. The Morgan fingerprint density at radius 1 is 1.32 bits per heavy atom. The lowest BCUT2D eigenvalue weighted by Crippen LogP contribution is -2.30. The number of hydrogen-bond acceptors (Lipinski definition) is 6. The Balaban J connectivity index is 1.56. The number of halogens is 1. The molecule has 0 atom stereocenters. The number of benzene rings is 1. The second kappa shape index (κ2) is 7.45. The molecule has 10 heteroatoms. The molecule has 0 aliphatic rings. The predicted molar refractivity (Wildman–Crippen MR) is 107 cm³/mol. The predicted octanol–water partition coefficient (Wildman–Crippen LogP) is 2.92. The van der Waals surface area contributed by atoms with E-state index in [1.165, 1.54) is 29.3 Å². The van der Waals surface area contributed by atoms with Crippen LogP contribution in [0.15, 0.2) is 52.9 Å². The van der Waals surface area contributed by atoms with Crippen molar-refractivity contribution >= 4 is 40.0 Å². The lowest BCUT2D eigenvalue weighted by Gasteiger charge is -2.08. The van der Waals surface area contributed by atoms with Crippen molar-refractivity contribution in [1.29, 1.82) is 0 Å². The normalized spacial score (nSPS) is 10.9. The number of ether oxygens (including phenoxy) is 1. The number of fused-ring (bicyclic) bond motifs is 1. The summed E-state index contributed by atoms with van der Waals surface area (Å²) in [5, 5.41) is 13.4. The highest BCUT2D eigenvalue weighted by atomic mass is 35.5. The quantitative estimate of drug-likeness (QED) is 0.541. The van der Waals surface area contributed by atoms with E-state index in [9.17, 15) is 9.59 Å². The molecule has 0 radical (unpaired) electrons. The molecule has 0 bridgehead atoms. The first-order chi connectivity index (χ1) is 13.5. The van der Waals surface area contributed by atoms with Crippen LogP contribution in [0.25, 0.3) is 16.1 Å². The number of hydrogen-bond donors (Lipinski definition) is 1. The van der Waals surface area contributed by atoms with Gasteiger partial charge in [-0.2, -0.15) is 10.2 Å². The average Bonchev–Trinajstić information content (AvgIpc) is 3.34. The Morgan fingerprint density at radius 2 is 2.18 bits per heavy atom. The molecule has 0 fully saturated rings. The zero-order valence-electron chi connectivity index (χ0n) is 14.6. The number of nitrogens with zero attached hydrogens (tertiary/aromatic N) is 4. The zero-order valence-corrected chi connectivity index (χ0v) is 16.2. The van der Waals surface area contributed by atoms with E-state index >= 15 is 0 Å². The highest BCUT2D eigenvalue weighted by Gasteiger charge is 2.13. The molecular weight excluding hydrogens is 402 g/mol. The Labute approximate surface area is 167 Å². The van der Waals surface area contributed by atoms with Gasteiger partial charge in [-0.05, 0) is 35.7 Å².